The fraction of sp³-hybridized carbons (Fsp3) is 0.419. The van der Waals surface area contributed by atoms with Crippen molar-refractivity contribution in [3.8, 4) is 10.6 Å². The number of carbonyl (C=O) groups excluding carboxylic acids is 2. The third kappa shape index (κ3) is 9.35. The highest BCUT2D eigenvalue weighted by Gasteiger charge is 2.46. The molecule has 8 rings (SSSR count). The Morgan fingerprint density at radius 2 is 1.32 bits per heavy atom. The molecule has 0 spiro atoms. The molecule has 2 aliphatic heterocycles. The van der Waals surface area contributed by atoms with E-state index in [0.29, 0.717) is 17.1 Å². The Bertz CT molecular complexity index is 1650. The van der Waals surface area contributed by atoms with Crippen molar-refractivity contribution in [3.05, 3.63) is 51.3 Å². The van der Waals surface area contributed by atoms with Crippen LogP contribution >= 0.6 is 38.6 Å². The molecule has 4 fully saturated rings. The number of halogens is 1. The van der Waals surface area contributed by atoms with E-state index in [-0.39, 0.29) is 19.2 Å². The molecule has 0 aromatic carbocycles. The molecule has 4 aromatic rings. The second-order valence-electron chi connectivity index (χ2n) is 11.9. The molecule has 2 amide bonds. The van der Waals surface area contributed by atoms with Gasteiger partial charge in [0.05, 0.1) is 0 Å². The average molecular weight is 742 g/mol. The Morgan fingerprint density at radius 3 is 1.74 bits per heavy atom. The highest BCUT2D eigenvalue weighted by molar-refractivity contribution is 9.11. The van der Waals surface area contributed by atoms with Gasteiger partial charge in [-0.05, 0) is 70.6 Å². The molecule has 6 heterocycles. The molecule has 248 valence electrons. The lowest BCUT2D eigenvalue weighted by Crippen LogP contribution is -2.31. The molecule has 0 bridgehead atoms. The highest BCUT2D eigenvalue weighted by atomic mass is 79.9. The number of piperidine rings is 2. The van der Waals surface area contributed by atoms with Crippen molar-refractivity contribution in [2.45, 2.75) is 34.1 Å². The minimum Gasteiger partial charge on any atom is -0.423 e. The van der Waals surface area contributed by atoms with Crippen LogP contribution in [-0.2, 0) is 9.59 Å². The quantitative estimate of drug-likeness (QED) is 0.210. The zero-order chi connectivity index (χ0) is 32.4. The van der Waals surface area contributed by atoms with Crippen LogP contribution in [0.5, 0.6) is 0 Å². The van der Waals surface area contributed by atoms with Crippen molar-refractivity contribution in [3.63, 3.8) is 0 Å². The van der Waals surface area contributed by atoms with E-state index < -0.39 is 7.12 Å². The number of pyridine rings is 2. The Morgan fingerprint density at radius 1 is 0.809 bits per heavy atom. The number of nitrogens with zero attached hydrogens (tertiary/aromatic N) is 6. The SMILES string of the molecule is C.CC(=O)Nc1csc(-c2ccc(N3CC4CC4C3)nc2)n1.CC(=O)Nc1csc(Br)n1.OB(O)c1ccc(N2CC3CC3C2)nc1. The number of nitrogens with one attached hydrogen (secondary N) is 2. The van der Waals surface area contributed by atoms with Gasteiger partial charge in [0.15, 0.2) is 3.92 Å². The molecule has 2 saturated carbocycles. The average Bonchev–Trinajstić information content (AvgIpc) is 3.59. The number of aromatic nitrogens is 4. The van der Waals surface area contributed by atoms with Gasteiger partial charge in [0.2, 0.25) is 11.8 Å². The number of anilines is 4. The van der Waals surface area contributed by atoms with Crippen LogP contribution < -0.4 is 25.9 Å². The van der Waals surface area contributed by atoms with Crippen molar-refractivity contribution in [2.24, 2.45) is 23.7 Å². The smallest absolute Gasteiger partial charge is 0.423 e. The Hall–Kier alpha value is -3.44. The van der Waals surface area contributed by atoms with Gasteiger partial charge < -0.3 is 30.5 Å². The van der Waals surface area contributed by atoms with E-state index in [4.69, 9.17) is 10.0 Å². The largest absolute Gasteiger partial charge is 0.490 e. The van der Waals surface area contributed by atoms with Crippen LogP contribution in [0.4, 0.5) is 23.3 Å². The van der Waals surface area contributed by atoms with E-state index in [1.165, 1.54) is 55.6 Å². The third-order valence-corrected chi connectivity index (χ3v) is 10.5. The minimum atomic E-state index is -1.42. The van der Waals surface area contributed by atoms with Crippen molar-refractivity contribution in [2.75, 3.05) is 46.6 Å². The maximum Gasteiger partial charge on any atom is 0.490 e. The van der Waals surface area contributed by atoms with Crippen LogP contribution in [0.25, 0.3) is 10.6 Å². The molecule has 4 N–H and O–H groups in total. The van der Waals surface area contributed by atoms with Crippen LogP contribution in [0.15, 0.2) is 51.3 Å². The zero-order valence-electron chi connectivity index (χ0n) is 25.3. The number of thiazole rings is 2. The Labute approximate surface area is 291 Å². The number of amides is 2. The maximum absolute atomic E-state index is 11.0. The summed E-state index contributed by atoms with van der Waals surface area (Å²) in [6.07, 6.45) is 6.18. The highest BCUT2D eigenvalue weighted by Crippen LogP contribution is 2.46. The summed E-state index contributed by atoms with van der Waals surface area (Å²) in [6.45, 7) is 7.46. The first-order valence-corrected chi connectivity index (χ1v) is 17.6. The van der Waals surface area contributed by atoms with Crippen molar-refractivity contribution >= 4 is 86.3 Å². The summed E-state index contributed by atoms with van der Waals surface area (Å²) in [6, 6.07) is 7.71. The predicted octanol–water partition coefficient (Wildman–Crippen LogP) is 4.34. The Balaban J connectivity index is 0.000000147. The molecule has 0 radical (unpaired) electrons. The fourth-order valence-electron chi connectivity index (χ4n) is 5.74. The summed E-state index contributed by atoms with van der Waals surface area (Å²) in [5.74, 6) is 6.60. The molecule has 2 saturated heterocycles. The van der Waals surface area contributed by atoms with E-state index in [1.807, 2.05) is 17.6 Å². The topological polar surface area (TPSA) is 157 Å². The molecular weight excluding hydrogens is 703 g/mol. The molecular formula is C31H38BBrN8O4S2. The van der Waals surface area contributed by atoms with E-state index in [9.17, 15) is 9.59 Å². The van der Waals surface area contributed by atoms with Gasteiger partial charge in [-0.2, -0.15) is 0 Å². The summed E-state index contributed by atoms with van der Waals surface area (Å²) in [7, 11) is -1.42. The normalized spacial score (nSPS) is 21.1. The second-order valence-corrected chi connectivity index (χ2v) is 14.9. The first kappa shape index (κ1) is 34.9. The minimum absolute atomic E-state index is 0. The molecule has 4 aromatic heterocycles. The summed E-state index contributed by atoms with van der Waals surface area (Å²) >= 11 is 6.13. The van der Waals surface area contributed by atoms with E-state index >= 15 is 0 Å². The number of rotatable bonds is 6. The number of hydrogen-bond donors (Lipinski definition) is 4. The van der Waals surface area contributed by atoms with Gasteiger partial charge in [-0.25, -0.2) is 19.9 Å². The van der Waals surface area contributed by atoms with Crippen LogP contribution in [0.1, 0.15) is 34.1 Å². The number of carbonyl (C=O) groups is 2. The number of hydrogen-bond acceptors (Lipinski definition) is 12. The monoisotopic (exact) mass is 740 g/mol. The van der Waals surface area contributed by atoms with Crippen molar-refractivity contribution in [1.29, 1.82) is 0 Å². The summed E-state index contributed by atoms with van der Waals surface area (Å²) in [5, 5.41) is 27.6. The lowest BCUT2D eigenvalue weighted by atomic mass is 9.82. The van der Waals surface area contributed by atoms with Gasteiger partial charge in [0.1, 0.15) is 28.3 Å². The molecule has 4 aliphatic rings. The third-order valence-electron chi connectivity index (χ3n) is 8.26. The summed E-state index contributed by atoms with van der Waals surface area (Å²) in [5.41, 5.74) is 1.44. The van der Waals surface area contributed by atoms with Crippen molar-refractivity contribution < 1.29 is 19.6 Å². The summed E-state index contributed by atoms with van der Waals surface area (Å²) in [4.78, 5) is 43.3. The molecule has 4 unspecified atom stereocenters. The summed E-state index contributed by atoms with van der Waals surface area (Å²) < 4.78 is 0.774. The van der Waals surface area contributed by atoms with Gasteiger partial charge >= 0.3 is 7.12 Å². The van der Waals surface area contributed by atoms with Gasteiger partial charge in [-0.1, -0.05) is 13.5 Å². The van der Waals surface area contributed by atoms with E-state index in [0.717, 1.165) is 76.0 Å². The molecule has 47 heavy (non-hydrogen) atoms. The first-order chi connectivity index (χ1) is 22.1. The van der Waals surface area contributed by atoms with Crippen LogP contribution in [0.3, 0.4) is 0 Å². The van der Waals surface area contributed by atoms with E-state index in [2.05, 4.69) is 68.4 Å². The molecule has 12 nitrogen and oxygen atoms in total. The van der Waals surface area contributed by atoms with Gasteiger partial charge in [0.25, 0.3) is 0 Å². The Kier molecular flexibility index (Phi) is 11.3. The van der Waals surface area contributed by atoms with Gasteiger partial charge in [-0.3, -0.25) is 9.59 Å². The lowest BCUT2D eigenvalue weighted by Gasteiger charge is -2.18. The number of fused-ring (bicyclic) bond motifs is 2. The van der Waals surface area contributed by atoms with Gasteiger partial charge in [0, 0.05) is 74.2 Å². The zero-order valence-corrected chi connectivity index (χ0v) is 28.6. The van der Waals surface area contributed by atoms with Crippen LogP contribution in [0.2, 0.25) is 0 Å². The molecule has 4 atom stereocenters. The molecule has 16 heteroatoms. The second kappa shape index (κ2) is 15.2. The maximum atomic E-state index is 11.0. The van der Waals surface area contributed by atoms with Crippen molar-refractivity contribution in [1.82, 2.24) is 19.9 Å². The molecule has 2 aliphatic carbocycles. The van der Waals surface area contributed by atoms with E-state index in [1.54, 1.807) is 11.4 Å². The predicted molar refractivity (Wildman–Crippen MR) is 192 cm³/mol. The van der Waals surface area contributed by atoms with Gasteiger partial charge in [-0.15, -0.1) is 22.7 Å². The first-order valence-electron chi connectivity index (χ1n) is 15.0. The fourth-order valence-corrected chi connectivity index (χ4v) is 7.43. The standard InChI is InChI=1S/C15H16N4OS.C10H13BN2O2.C5H5BrN2OS.CH4/c1-9(20)17-13-8-21-15(18-13)10-2-3-14(16-5-10)19-6-11-4-12(11)7-19;14-11(15)9-1-2-10(12-4-9)13-5-7-3-8(7)6-13;1-3(9)7-4-2-10-5(6)8-4;/h2-3,5,8,11-12H,4,6-7H2,1H3,(H,17,20);1-2,4,7-8,14-15H,3,5-6H2;2H,1H3,(H,7,9);1H4. The van der Waals surface area contributed by atoms with Crippen LogP contribution in [-0.4, -0.2) is 75.1 Å². The van der Waals surface area contributed by atoms with Crippen LogP contribution in [0, 0.1) is 23.7 Å². The lowest BCUT2D eigenvalue weighted by molar-refractivity contribution is -0.115.